The normalized spacial score (nSPS) is 9.25. The van der Waals surface area contributed by atoms with Gasteiger partial charge in [-0.1, -0.05) is 5.92 Å². The first-order valence-electron chi connectivity index (χ1n) is 4.78. The van der Waals surface area contributed by atoms with Gasteiger partial charge in [0.25, 0.3) is 0 Å². The number of carboxylic acid groups (broad SMARTS) is 1. The number of nitrogens with one attached hydrogen (secondary N) is 1. The molecule has 2 N–H and O–H groups in total. The number of carboxylic acids is 1. The molecule has 2 amide bonds. The van der Waals surface area contributed by atoms with Crippen molar-refractivity contribution >= 4 is 12.0 Å². The Hall–Kier alpha value is -1.74. The molecule has 0 aromatic rings. The van der Waals surface area contributed by atoms with E-state index < -0.39 is 18.5 Å². The Labute approximate surface area is 94.6 Å². The Bertz CT molecular complexity index is 272. The van der Waals surface area contributed by atoms with Gasteiger partial charge in [0.15, 0.2) is 0 Å². The first kappa shape index (κ1) is 14.3. The molecule has 0 aliphatic rings. The molecule has 0 fully saturated rings. The summed E-state index contributed by atoms with van der Waals surface area (Å²) in [6.45, 7) is 0.532. The average Bonchev–Trinajstić information content (AvgIpc) is 2.23. The van der Waals surface area contributed by atoms with Crippen molar-refractivity contribution in [3.05, 3.63) is 0 Å². The Morgan fingerprint density at radius 2 is 2.25 bits per heavy atom. The van der Waals surface area contributed by atoms with E-state index >= 15 is 0 Å². The van der Waals surface area contributed by atoms with Crippen LogP contribution in [0.1, 0.15) is 6.42 Å². The van der Waals surface area contributed by atoms with Gasteiger partial charge in [-0.25, -0.2) is 4.79 Å². The lowest BCUT2D eigenvalue weighted by atomic mass is 10.4. The van der Waals surface area contributed by atoms with Gasteiger partial charge in [0.1, 0.15) is 6.54 Å². The van der Waals surface area contributed by atoms with E-state index in [0.29, 0.717) is 19.6 Å². The Morgan fingerprint density at radius 1 is 1.56 bits per heavy atom. The third-order valence-electron chi connectivity index (χ3n) is 1.70. The fraction of sp³-hybridized carbons (Fsp3) is 0.600. The molecule has 16 heavy (non-hydrogen) atoms. The number of terminal acetylenes is 1. The number of rotatable bonds is 7. The van der Waals surface area contributed by atoms with E-state index in [1.807, 2.05) is 0 Å². The molecule has 0 aromatic heterocycles. The number of hydrogen-bond acceptors (Lipinski definition) is 3. The molecule has 0 aliphatic heterocycles. The van der Waals surface area contributed by atoms with Gasteiger partial charge in [-0.2, -0.15) is 0 Å². The molecule has 0 saturated heterocycles. The van der Waals surface area contributed by atoms with Crippen LogP contribution in [0, 0.1) is 12.3 Å². The molecular weight excluding hydrogens is 212 g/mol. The van der Waals surface area contributed by atoms with Crippen molar-refractivity contribution in [1.82, 2.24) is 10.2 Å². The molecule has 0 aromatic carbocycles. The third kappa shape index (κ3) is 6.68. The highest BCUT2D eigenvalue weighted by Crippen LogP contribution is 1.89. The summed E-state index contributed by atoms with van der Waals surface area (Å²) < 4.78 is 4.80. The van der Waals surface area contributed by atoms with Crippen LogP contribution in [-0.4, -0.2) is 55.4 Å². The summed E-state index contributed by atoms with van der Waals surface area (Å²) in [6.07, 6.45) is 5.70. The lowest BCUT2D eigenvalue weighted by molar-refractivity contribution is -0.137. The van der Waals surface area contributed by atoms with Crippen LogP contribution in [0.15, 0.2) is 0 Å². The van der Waals surface area contributed by atoms with Crippen LogP contribution >= 0.6 is 0 Å². The highest BCUT2D eigenvalue weighted by atomic mass is 16.5. The molecule has 0 radical (unpaired) electrons. The van der Waals surface area contributed by atoms with Crippen molar-refractivity contribution < 1.29 is 19.4 Å². The van der Waals surface area contributed by atoms with E-state index in [-0.39, 0.29) is 6.54 Å². The number of methoxy groups -OCH3 is 1. The number of ether oxygens (including phenoxy) is 1. The second kappa shape index (κ2) is 8.56. The van der Waals surface area contributed by atoms with Crippen molar-refractivity contribution in [3.63, 3.8) is 0 Å². The minimum atomic E-state index is -1.10. The smallest absolute Gasteiger partial charge is 0.323 e. The molecule has 0 aliphatic carbocycles. The highest BCUT2D eigenvalue weighted by Gasteiger charge is 2.14. The summed E-state index contributed by atoms with van der Waals surface area (Å²) >= 11 is 0. The summed E-state index contributed by atoms with van der Waals surface area (Å²) in [5, 5.41) is 11.1. The first-order chi connectivity index (χ1) is 7.61. The number of carbonyl (C=O) groups is 2. The maximum atomic E-state index is 11.4. The lowest BCUT2D eigenvalue weighted by Crippen LogP contribution is -2.43. The molecule has 0 heterocycles. The van der Waals surface area contributed by atoms with Gasteiger partial charge < -0.3 is 20.1 Å². The second-order valence-electron chi connectivity index (χ2n) is 3.03. The number of urea groups is 1. The second-order valence-corrected chi connectivity index (χ2v) is 3.03. The summed E-state index contributed by atoms with van der Waals surface area (Å²) in [6, 6.07) is -0.476. The van der Waals surface area contributed by atoms with Crippen molar-refractivity contribution in [2.24, 2.45) is 0 Å². The standard InChI is InChI=1S/C10H16N2O4/c1-3-6-12(8-9(13)14)10(15)11-5-4-7-16-2/h1H,4-8H2,2H3,(H,11,15)(H,13,14). The van der Waals surface area contributed by atoms with Crippen LogP contribution < -0.4 is 5.32 Å². The van der Waals surface area contributed by atoms with E-state index in [0.717, 1.165) is 4.90 Å². The van der Waals surface area contributed by atoms with Gasteiger partial charge in [0.05, 0.1) is 6.54 Å². The number of amides is 2. The summed E-state index contributed by atoms with van der Waals surface area (Å²) in [5.41, 5.74) is 0. The number of carbonyl (C=O) groups excluding carboxylic acids is 1. The van der Waals surface area contributed by atoms with Gasteiger partial charge in [-0.3, -0.25) is 4.79 Å². The maximum absolute atomic E-state index is 11.4. The van der Waals surface area contributed by atoms with Gasteiger partial charge in [0, 0.05) is 20.3 Å². The van der Waals surface area contributed by atoms with E-state index in [2.05, 4.69) is 11.2 Å². The van der Waals surface area contributed by atoms with Crippen molar-refractivity contribution in [1.29, 1.82) is 0 Å². The van der Waals surface area contributed by atoms with Crippen LogP contribution in [0.2, 0.25) is 0 Å². The van der Waals surface area contributed by atoms with Crippen LogP contribution in [0.5, 0.6) is 0 Å². The first-order valence-corrected chi connectivity index (χ1v) is 4.78. The zero-order valence-electron chi connectivity index (χ0n) is 9.23. The fourth-order valence-electron chi connectivity index (χ4n) is 0.997. The lowest BCUT2D eigenvalue weighted by Gasteiger charge is -2.18. The molecule has 90 valence electrons. The van der Waals surface area contributed by atoms with E-state index in [4.69, 9.17) is 16.3 Å². The topological polar surface area (TPSA) is 78.9 Å². The molecule has 0 bridgehead atoms. The van der Waals surface area contributed by atoms with Gasteiger partial charge in [-0.15, -0.1) is 6.42 Å². The fourth-order valence-corrected chi connectivity index (χ4v) is 0.997. The molecule has 0 rings (SSSR count). The Kier molecular flexibility index (Phi) is 7.63. The van der Waals surface area contributed by atoms with Gasteiger partial charge in [-0.05, 0) is 6.42 Å². The molecule has 0 atom stereocenters. The van der Waals surface area contributed by atoms with Crippen molar-refractivity contribution in [2.75, 3.05) is 33.4 Å². The highest BCUT2D eigenvalue weighted by molar-refractivity contribution is 5.80. The molecule has 6 heteroatoms. The van der Waals surface area contributed by atoms with Crippen LogP contribution in [0.4, 0.5) is 4.79 Å². The molecule has 0 spiro atoms. The monoisotopic (exact) mass is 228 g/mol. The van der Waals surface area contributed by atoms with E-state index in [1.54, 1.807) is 7.11 Å². The van der Waals surface area contributed by atoms with Gasteiger partial charge >= 0.3 is 12.0 Å². The summed E-state index contributed by atoms with van der Waals surface area (Å²) in [7, 11) is 1.57. The predicted octanol–water partition coefficient (Wildman–Crippen LogP) is -0.248. The van der Waals surface area contributed by atoms with Crippen molar-refractivity contribution in [2.45, 2.75) is 6.42 Å². The quantitative estimate of drug-likeness (QED) is 0.465. The van der Waals surface area contributed by atoms with Crippen LogP contribution in [0.25, 0.3) is 0 Å². The zero-order valence-corrected chi connectivity index (χ0v) is 9.23. The molecule has 0 saturated carbocycles. The summed E-state index contributed by atoms with van der Waals surface area (Å²) in [4.78, 5) is 23.0. The minimum Gasteiger partial charge on any atom is -0.480 e. The Morgan fingerprint density at radius 3 is 2.75 bits per heavy atom. The Balaban J connectivity index is 3.97. The minimum absolute atomic E-state index is 0.0254. The summed E-state index contributed by atoms with van der Waals surface area (Å²) in [5.74, 6) is 1.14. The van der Waals surface area contributed by atoms with E-state index in [9.17, 15) is 9.59 Å². The molecule has 6 nitrogen and oxygen atoms in total. The van der Waals surface area contributed by atoms with Crippen LogP contribution in [-0.2, 0) is 9.53 Å². The predicted molar refractivity (Wildman–Crippen MR) is 57.9 cm³/mol. The average molecular weight is 228 g/mol. The largest absolute Gasteiger partial charge is 0.480 e. The van der Waals surface area contributed by atoms with Crippen LogP contribution in [0.3, 0.4) is 0 Å². The van der Waals surface area contributed by atoms with Gasteiger partial charge in [0.2, 0.25) is 0 Å². The number of nitrogens with zero attached hydrogens (tertiary/aromatic N) is 1. The maximum Gasteiger partial charge on any atom is 0.323 e. The SMILES string of the molecule is C#CCN(CC(=O)O)C(=O)NCCCOC. The number of aliphatic carboxylic acids is 1. The molecule has 0 unspecified atom stereocenters. The number of hydrogen-bond donors (Lipinski definition) is 2. The zero-order chi connectivity index (χ0) is 12.4. The van der Waals surface area contributed by atoms with Crippen molar-refractivity contribution in [3.8, 4) is 12.3 Å². The molecular formula is C10H16N2O4. The third-order valence-corrected chi connectivity index (χ3v) is 1.70. The van der Waals surface area contributed by atoms with E-state index in [1.165, 1.54) is 0 Å².